The van der Waals surface area contributed by atoms with Crippen molar-refractivity contribution in [1.29, 1.82) is 0 Å². The van der Waals surface area contributed by atoms with Crippen molar-refractivity contribution in [2.75, 3.05) is 25.1 Å². The lowest BCUT2D eigenvalue weighted by atomic mass is 10.2. The molecular formula is C18H19FN2O3S. The number of rotatable bonds is 7. The van der Waals surface area contributed by atoms with Gasteiger partial charge in [-0.2, -0.15) is 0 Å². The Labute approximate surface area is 151 Å². The molecule has 0 aliphatic heterocycles. The SMILES string of the molecule is CCOCCOc1cccc(C(=O)NC(=S)Nc2cccc(F)c2)c1. The Morgan fingerprint density at radius 3 is 2.72 bits per heavy atom. The molecule has 0 fully saturated rings. The van der Waals surface area contributed by atoms with E-state index in [1.54, 1.807) is 36.4 Å². The molecule has 25 heavy (non-hydrogen) atoms. The molecule has 0 aliphatic carbocycles. The van der Waals surface area contributed by atoms with Gasteiger partial charge in [-0.3, -0.25) is 10.1 Å². The largest absolute Gasteiger partial charge is 0.491 e. The normalized spacial score (nSPS) is 10.2. The van der Waals surface area contributed by atoms with E-state index in [0.717, 1.165) is 0 Å². The summed E-state index contributed by atoms with van der Waals surface area (Å²) in [6, 6.07) is 12.5. The molecule has 2 rings (SSSR count). The van der Waals surface area contributed by atoms with Gasteiger partial charge in [0.25, 0.3) is 5.91 Å². The molecule has 2 aromatic carbocycles. The number of anilines is 1. The van der Waals surface area contributed by atoms with Gasteiger partial charge in [0.2, 0.25) is 0 Å². The predicted molar refractivity (Wildman–Crippen MR) is 98.5 cm³/mol. The van der Waals surface area contributed by atoms with Gasteiger partial charge in [-0.05, 0) is 55.5 Å². The van der Waals surface area contributed by atoms with Crippen LogP contribution in [0.2, 0.25) is 0 Å². The first-order valence-electron chi connectivity index (χ1n) is 7.77. The summed E-state index contributed by atoms with van der Waals surface area (Å²) in [6.07, 6.45) is 0. The molecule has 1 amide bonds. The van der Waals surface area contributed by atoms with Crippen LogP contribution < -0.4 is 15.4 Å². The Balaban J connectivity index is 1.90. The van der Waals surface area contributed by atoms with E-state index in [0.29, 0.717) is 36.8 Å². The molecule has 0 bridgehead atoms. The third kappa shape index (κ3) is 6.48. The van der Waals surface area contributed by atoms with Gasteiger partial charge in [0, 0.05) is 17.9 Å². The second kappa shape index (κ2) is 9.71. The van der Waals surface area contributed by atoms with E-state index >= 15 is 0 Å². The van der Waals surface area contributed by atoms with Crippen LogP contribution in [0.4, 0.5) is 10.1 Å². The minimum Gasteiger partial charge on any atom is -0.491 e. The first-order valence-corrected chi connectivity index (χ1v) is 8.18. The predicted octanol–water partition coefficient (Wildman–Crippen LogP) is 3.37. The van der Waals surface area contributed by atoms with E-state index < -0.39 is 5.82 Å². The lowest BCUT2D eigenvalue weighted by Gasteiger charge is -2.11. The van der Waals surface area contributed by atoms with Gasteiger partial charge in [-0.25, -0.2) is 4.39 Å². The number of hydrogen-bond acceptors (Lipinski definition) is 4. The average molecular weight is 362 g/mol. The molecule has 5 nitrogen and oxygen atoms in total. The van der Waals surface area contributed by atoms with Gasteiger partial charge in [0.05, 0.1) is 6.61 Å². The van der Waals surface area contributed by atoms with Crippen molar-refractivity contribution in [1.82, 2.24) is 5.32 Å². The molecule has 0 radical (unpaired) electrons. The molecule has 0 aromatic heterocycles. The second-order valence-corrected chi connectivity index (χ2v) is 5.40. The Hall–Kier alpha value is -2.51. The molecule has 132 valence electrons. The smallest absolute Gasteiger partial charge is 0.257 e. The number of hydrogen-bond donors (Lipinski definition) is 2. The van der Waals surface area contributed by atoms with E-state index in [2.05, 4.69) is 10.6 Å². The van der Waals surface area contributed by atoms with Crippen LogP contribution in [-0.4, -0.2) is 30.8 Å². The van der Waals surface area contributed by atoms with Gasteiger partial charge in [-0.1, -0.05) is 12.1 Å². The van der Waals surface area contributed by atoms with Crippen molar-refractivity contribution in [3.8, 4) is 5.75 Å². The minimum atomic E-state index is -0.393. The zero-order valence-corrected chi connectivity index (χ0v) is 14.6. The fraction of sp³-hybridized carbons (Fsp3) is 0.222. The average Bonchev–Trinajstić information content (AvgIpc) is 2.59. The second-order valence-electron chi connectivity index (χ2n) is 4.99. The van der Waals surface area contributed by atoms with Crippen molar-refractivity contribution >= 4 is 28.9 Å². The Bertz CT molecular complexity index is 740. The monoisotopic (exact) mass is 362 g/mol. The van der Waals surface area contributed by atoms with Crippen LogP contribution in [0.25, 0.3) is 0 Å². The molecular weight excluding hydrogens is 343 g/mol. The van der Waals surface area contributed by atoms with Crippen LogP contribution in [0.3, 0.4) is 0 Å². The summed E-state index contributed by atoms with van der Waals surface area (Å²) in [5.74, 6) is -0.212. The van der Waals surface area contributed by atoms with Gasteiger partial charge in [-0.15, -0.1) is 0 Å². The van der Waals surface area contributed by atoms with Gasteiger partial charge in [0.15, 0.2) is 5.11 Å². The fourth-order valence-corrected chi connectivity index (χ4v) is 2.20. The molecule has 0 saturated heterocycles. The van der Waals surface area contributed by atoms with Crippen LogP contribution in [-0.2, 0) is 4.74 Å². The van der Waals surface area contributed by atoms with Crippen LogP contribution >= 0.6 is 12.2 Å². The van der Waals surface area contributed by atoms with Crippen LogP contribution in [0.5, 0.6) is 5.75 Å². The van der Waals surface area contributed by atoms with Crippen molar-refractivity contribution in [3.05, 3.63) is 59.9 Å². The van der Waals surface area contributed by atoms with Gasteiger partial charge < -0.3 is 14.8 Å². The van der Waals surface area contributed by atoms with Gasteiger partial charge >= 0.3 is 0 Å². The summed E-state index contributed by atoms with van der Waals surface area (Å²) in [5.41, 5.74) is 0.857. The van der Waals surface area contributed by atoms with Crippen LogP contribution in [0, 0.1) is 5.82 Å². The number of thiocarbonyl (C=S) groups is 1. The highest BCUT2D eigenvalue weighted by atomic mass is 32.1. The first kappa shape index (κ1) is 18.8. The molecule has 0 saturated carbocycles. The highest BCUT2D eigenvalue weighted by Gasteiger charge is 2.09. The lowest BCUT2D eigenvalue weighted by Crippen LogP contribution is -2.34. The first-order chi connectivity index (χ1) is 12.1. The Morgan fingerprint density at radius 1 is 1.16 bits per heavy atom. The molecule has 0 spiro atoms. The van der Waals surface area contributed by atoms with E-state index in [9.17, 15) is 9.18 Å². The third-order valence-corrected chi connectivity index (χ3v) is 3.31. The molecule has 0 unspecified atom stereocenters. The topological polar surface area (TPSA) is 59.6 Å². The van der Waals surface area contributed by atoms with E-state index in [1.165, 1.54) is 12.1 Å². The maximum atomic E-state index is 13.1. The molecule has 2 aromatic rings. The summed E-state index contributed by atoms with van der Waals surface area (Å²) in [5, 5.41) is 5.39. The molecule has 0 heterocycles. The zero-order chi connectivity index (χ0) is 18.1. The third-order valence-electron chi connectivity index (χ3n) is 3.11. The summed E-state index contributed by atoms with van der Waals surface area (Å²) in [4.78, 5) is 12.2. The lowest BCUT2D eigenvalue weighted by molar-refractivity contribution is 0.0976. The molecule has 7 heteroatoms. The maximum Gasteiger partial charge on any atom is 0.257 e. The van der Waals surface area contributed by atoms with E-state index in [1.807, 2.05) is 6.92 Å². The van der Waals surface area contributed by atoms with E-state index in [-0.39, 0.29) is 11.0 Å². The summed E-state index contributed by atoms with van der Waals surface area (Å²) < 4.78 is 23.9. The summed E-state index contributed by atoms with van der Waals surface area (Å²) >= 11 is 5.07. The van der Waals surface area contributed by atoms with Crippen molar-refractivity contribution < 1.29 is 18.7 Å². The number of nitrogens with one attached hydrogen (secondary N) is 2. The van der Waals surface area contributed by atoms with Crippen molar-refractivity contribution in [2.45, 2.75) is 6.92 Å². The van der Waals surface area contributed by atoms with Crippen molar-refractivity contribution in [3.63, 3.8) is 0 Å². The zero-order valence-electron chi connectivity index (χ0n) is 13.8. The molecule has 2 N–H and O–H groups in total. The van der Waals surface area contributed by atoms with Gasteiger partial charge in [0.1, 0.15) is 18.2 Å². The standard InChI is InChI=1S/C18H19FN2O3S/c1-2-23-9-10-24-16-8-3-5-13(11-16)17(22)21-18(25)20-15-7-4-6-14(19)12-15/h3-8,11-12H,2,9-10H2,1H3,(H2,20,21,22,25). The highest BCUT2D eigenvalue weighted by Crippen LogP contribution is 2.13. The number of ether oxygens (including phenoxy) is 2. The number of carbonyl (C=O) groups excluding carboxylic acids is 1. The minimum absolute atomic E-state index is 0.0817. The van der Waals surface area contributed by atoms with Crippen molar-refractivity contribution in [2.24, 2.45) is 0 Å². The summed E-state index contributed by atoms with van der Waals surface area (Å²) in [7, 11) is 0. The Morgan fingerprint density at radius 2 is 1.96 bits per heavy atom. The Kier molecular flexibility index (Phi) is 7.31. The molecule has 0 aliphatic rings. The quantitative estimate of drug-likeness (QED) is 0.584. The maximum absolute atomic E-state index is 13.1. The molecule has 0 atom stereocenters. The van der Waals surface area contributed by atoms with Crippen LogP contribution in [0.15, 0.2) is 48.5 Å². The van der Waals surface area contributed by atoms with Crippen LogP contribution in [0.1, 0.15) is 17.3 Å². The highest BCUT2D eigenvalue weighted by molar-refractivity contribution is 7.80. The fourth-order valence-electron chi connectivity index (χ4n) is 1.99. The number of carbonyl (C=O) groups is 1. The number of benzene rings is 2. The summed E-state index contributed by atoms with van der Waals surface area (Å²) in [6.45, 7) is 3.42. The number of amides is 1. The number of halogens is 1. The van der Waals surface area contributed by atoms with E-state index in [4.69, 9.17) is 21.7 Å².